The molecule has 1 aromatic carbocycles. The van der Waals surface area contributed by atoms with Crippen molar-refractivity contribution in [3.8, 4) is 11.3 Å². The molecule has 1 fully saturated rings. The van der Waals surface area contributed by atoms with Gasteiger partial charge in [0.2, 0.25) is 0 Å². The van der Waals surface area contributed by atoms with Crippen LogP contribution in [0.3, 0.4) is 0 Å². The monoisotopic (exact) mass is 330 g/mol. The molecule has 0 radical (unpaired) electrons. The standard InChI is InChI=1S/C18H22N2O2S/c1-13(15-10-11-21-22-12-15)19-18-5-3-4-17(20-18)14-6-8-16(23-2)9-7-14/h3-9,13,15H,10-12H2,1-2H3,(H,19,20). The van der Waals surface area contributed by atoms with E-state index >= 15 is 0 Å². The van der Waals surface area contributed by atoms with E-state index in [1.54, 1.807) is 11.8 Å². The molecule has 0 spiro atoms. The first-order valence-electron chi connectivity index (χ1n) is 7.88. The zero-order valence-electron chi connectivity index (χ0n) is 13.5. The number of rotatable bonds is 5. The van der Waals surface area contributed by atoms with Gasteiger partial charge in [-0.25, -0.2) is 14.8 Å². The molecule has 1 saturated heterocycles. The van der Waals surface area contributed by atoms with Gasteiger partial charge in [-0.1, -0.05) is 18.2 Å². The van der Waals surface area contributed by atoms with Gasteiger partial charge >= 0.3 is 0 Å². The fourth-order valence-corrected chi connectivity index (χ4v) is 3.07. The van der Waals surface area contributed by atoms with Crippen LogP contribution < -0.4 is 5.32 Å². The van der Waals surface area contributed by atoms with Gasteiger partial charge in [-0.3, -0.25) is 0 Å². The van der Waals surface area contributed by atoms with Crippen LogP contribution in [0.25, 0.3) is 11.3 Å². The molecular weight excluding hydrogens is 308 g/mol. The molecule has 3 rings (SSSR count). The molecule has 2 heterocycles. The van der Waals surface area contributed by atoms with Gasteiger partial charge in [-0.05, 0) is 43.9 Å². The van der Waals surface area contributed by atoms with Crippen LogP contribution in [-0.4, -0.2) is 30.5 Å². The minimum absolute atomic E-state index is 0.292. The van der Waals surface area contributed by atoms with Crippen molar-refractivity contribution < 1.29 is 9.78 Å². The van der Waals surface area contributed by atoms with E-state index in [1.807, 2.05) is 18.2 Å². The molecule has 122 valence electrons. The van der Waals surface area contributed by atoms with Gasteiger partial charge in [0.1, 0.15) is 5.82 Å². The largest absolute Gasteiger partial charge is 0.367 e. The van der Waals surface area contributed by atoms with E-state index in [9.17, 15) is 0 Å². The van der Waals surface area contributed by atoms with Gasteiger partial charge in [0.15, 0.2) is 0 Å². The van der Waals surface area contributed by atoms with Crippen LogP contribution in [-0.2, 0) is 9.78 Å². The summed E-state index contributed by atoms with van der Waals surface area (Å²) in [6.07, 6.45) is 3.09. The minimum Gasteiger partial charge on any atom is -0.367 e. The number of nitrogens with zero attached hydrogens (tertiary/aromatic N) is 1. The van der Waals surface area contributed by atoms with Crippen LogP contribution in [0.1, 0.15) is 13.3 Å². The van der Waals surface area contributed by atoms with Crippen molar-refractivity contribution in [2.45, 2.75) is 24.3 Å². The van der Waals surface area contributed by atoms with E-state index in [-0.39, 0.29) is 0 Å². The molecule has 23 heavy (non-hydrogen) atoms. The zero-order valence-corrected chi connectivity index (χ0v) is 14.3. The number of pyridine rings is 1. The Morgan fingerprint density at radius 2 is 2.00 bits per heavy atom. The van der Waals surface area contributed by atoms with Crippen LogP contribution in [0.15, 0.2) is 47.4 Å². The molecule has 1 aromatic heterocycles. The lowest BCUT2D eigenvalue weighted by Crippen LogP contribution is -2.33. The van der Waals surface area contributed by atoms with E-state index in [2.05, 4.69) is 42.8 Å². The fourth-order valence-electron chi connectivity index (χ4n) is 2.66. The molecular formula is C18H22N2O2S. The summed E-state index contributed by atoms with van der Waals surface area (Å²) in [7, 11) is 0. The Bertz CT molecular complexity index is 627. The Kier molecular flexibility index (Phi) is 5.54. The van der Waals surface area contributed by atoms with Gasteiger partial charge in [0.25, 0.3) is 0 Å². The molecule has 0 bridgehead atoms. The highest BCUT2D eigenvalue weighted by Crippen LogP contribution is 2.24. The number of hydrogen-bond donors (Lipinski definition) is 1. The van der Waals surface area contributed by atoms with Crippen molar-refractivity contribution >= 4 is 17.6 Å². The highest BCUT2D eigenvalue weighted by Gasteiger charge is 2.21. The van der Waals surface area contributed by atoms with Gasteiger partial charge in [0, 0.05) is 22.4 Å². The SMILES string of the molecule is CSc1ccc(-c2cccc(NC(C)C3CCOOC3)n2)cc1. The lowest BCUT2D eigenvalue weighted by molar-refractivity contribution is -0.324. The second-order valence-electron chi connectivity index (χ2n) is 5.72. The van der Waals surface area contributed by atoms with Crippen LogP contribution >= 0.6 is 11.8 Å². The van der Waals surface area contributed by atoms with Crippen LogP contribution in [0.5, 0.6) is 0 Å². The summed E-state index contributed by atoms with van der Waals surface area (Å²) in [6, 6.07) is 14.9. The highest BCUT2D eigenvalue weighted by molar-refractivity contribution is 7.98. The van der Waals surface area contributed by atoms with Crippen molar-refractivity contribution in [1.29, 1.82) is 0 Å². The Hall–Kier alpha value is -1.56. The second-order valence-corrected chi connectivity index (χ2v) is 6.60. The van der Waals surface area contributed by atoms with E-state index in [0.29, 0.717) is 25.2 Å². The zero-order chi connectivity index (χ0) is 16.1. The Labute approximate surface area is 141 Å². The molecule has 1 aliphatic rings. The van der Waals surface area contributed by atoms with Crippen molar-refractivity contribution in [1.82, 2.24) is 4.98 Å². The van der Waals surface area contributed by atoms with Crippen LogP contribution in [0.4, 0.5) is 5.82 Å². The smallest absolute Gasteiger partial charge is 0.126 e. The van der Waals surface area contributed by atoms with E-state index in [0.717, 1.165) is 23.5 Å². The first-order chi connectivity index (χ1) is 11.3. The maximum absolute atomic E-state index is 5.09. The molecule has 5 heteroatoms. The van der Waals surface area contributed by atoms with E-state index in [1.165, 1.54) is 4.90 Å². The van der Waals surface area contributed by atoms with E-state index < -0.39 is 0 Å². The van der Waals surface area contributed by atoms with Gasteiger partial charge in [-0.15, -0.1) is 11.8 Å². The lowest BCUT2D eigenvalue weighted by atomic mass is 9.98. The fraction of sp³-hybridized carbons (Fsp3) is 0.389. The van der Waals surface area contributed by atoms with Gasteiger partial charge < -0.3 is 5.32 Å². The topological polar surface area (TPSA) is 43.4 Å². The molecule has 2 atom stereocenters. The number of hydrogen-bond acceptors (Lipinski definition) is 5. The number of benzene rings is 1. The summed E-state index contributed by atoms with van der Waals surface area (Å²) in [6.45, 7) is 3.46. The quantitative estimate of drug-likeness (QED) is 0.656. The maximum atomic E-state index is 5.09. The van der Waals surface area contributed by atoms with Gasteiger partial charge in [-0.2, -0.15) is 0 Å². The minimum atomic E-state index is 0.292. The number of aromatic nitrogens is 1. The average molecular weight is 330 g/mol. The van der Waals surface area contributed by atoms with Crippen molar-refractivity contribution in [2.24, 2.45) is 5.92 Å². The second kappa shape index (κ2) is 7.81. The summed E-state index contributed by atoms with van der Waals surface area (Å²) in [5.74, 6) is 1.34. The first-order valence-corrected chi connectivity index (χ1v) is 9.11. The van der Waals surface area contributed by atoms with E-state index in [4.69, 9.17) is 14.8 Å². The molecule has 2 aromatic rings. The predicted octanol–water partition coefficient (Wildman–Crippen LogP) is 4.24. The Morgan fingerprint density at radius 1 is 1.17 bits per heavy atom. The average Bonchev–Trinajstić information content (AvgIpc) is 2.63. The normalized spacial score (nSPS) is 19.3. The maximum Gasteiger partial charge on any atom is 0.126 e. The van der Waals surface area contributed by atoms with Crippen LogP contribution in [0.2, 0.25) is 0 Å². The summed E-state index contributed by atoms with van der Waals surface area (Å²) in [5, 5.41) is 3.49. The summed E-state index contributed by atoms with van der Waals surface area (Å²) in [5.41, 5.74) is 2.12. The summed E-state index contributed by atoms with van der Waals surface area (Å²) >= 11 is 1.75. The summed E-state index contributed by atoms with van der Waals surface area (Å²) < 4.78 is 0. The van der Waals surface area contributed by atoms with Crippen molar-refractivity contribution in [2.75, 3.05) is 24.8 Å². The molecule has 0 amide bonds. The Morgan fingerprint density at radius 3 is 2.70 bits per heavy atom. The lowest BCUT2D eigenvalue weighted by Gasteiger charge is -2.27. The highest BCUT2D eigenvalue weighted by atomic mass is 32.2. The Balaban J connectivity index is 1.71. The number of thioether (sulfide) groups is 1. The number of anilines is 1. The third-order valence-corrected chi connectivity index (χ3v) is 4.90. The van der Waals surface area contributed by atoms with Crippen LogP contribution in [0, 0.1) is 5.92 Å². The van der Waals surface area contributed by atoms with Gasteiger partial charge in [0.05, 0.1) is 18.9 Å². The van der Waals surface area contributed by atoms with Crippen molar-refractivity contribution in [3.63, 3.8) is 0 Å². The molecule has 4 nitrogen and oxygen atoms in total. The first kappa shape index (κ1) is 16.3. The molecule has 0 saturated carbocycles. The van der Waals surface area contributed by atoms with Crippen molar-refractivity contribution in [3.05, 3.63) is 42.5 Å². The predicted molar refractivity (Wildman–Crippen MR) is 94.5 cm³/mol. The molecule has 1 N–H and O–H groups in total. The third kappa shape index (κ3) is 4.25. The molecule has 2 unspecified atom stereocenters. The molecule has 1 aliphatic heterocycles. The number of nitrogens with one attached hydrogen (secondary N) is 1. The molecule has 0 aliphatic carbocycles. The third-order valence-electron chi connectivity index (χ3n) is 4.15. The summed E-state index contributed by atoms with van der Waals surface area (Å²) in [4.78, 5) is 16.0.